The number of nitrogens with zero attached hydrogens (tertiary/aromatic N) is 1. The number of hydrogen-bond donors (Lipinski definition) is 2. The molecule has 0 aliphatic heterocycles. The molecule has 2 aromatic carbocycles. The number of ether oxygens (including phenoxy) is 1. The lowest BCUT2D eigenvalue weighted by Gasteiger charge is -2.10. The fraction of sp³-hybridized carbons (Fsp3) is 0.250. The molecule has 0 spiro atoms. The number of halogens is 2. The molecule has 0 aliphatic rings. The second-order valence-electron chi connectivity index (χ2n) is 5.98. The molecule has 0 unspecified atom stereocenters. The number of carbonyl (C=O) groups excluding carboxylic acids is 2. The van der Waals surface area contributed by atoms with Crippen LogP contribution in [-0.4, -0.2) is 24.1 Å². The van der Waals surface area contributed by atoms with E-state index in [1.54, 1.807) is 25.1 Å². The highest BCUT2D eigenvalue weighted by molar-refractivity contribution is 9.10. The molecule has 2 N–H and O–H groups in total. The van der Waals surface area contributed by atoms with Gasteiger partial charge in [-0.3, -0.25) is 9.59 Å². The summed E-state index contributed by atoms with van der Waals surface area (Å²) in [5, 5.41) is 7.36. The van der Waals surface area contributed by atoms with Crippen LogP contribution in [0.4, 0.5) is 5.69 Å². The summed E-state index contributed by atoms with van der Waals surface area (Å²) in [5.74, 6) is -0.134. The molecule has 0 aromatic heterocycles. The number of aryl methyl sites for hydroxylation is 1. The molecule has 0 bridgehead atoms. The van der Waals surface area contributed by atoms with E-state index >= 15 is 0 Å². The number of anilines is 1. The van der Waals surface area contributed by atoms with Gasteiger partial charge >= 0.3 is 0 Å². The topological polar surface area (TPSA) is 79.8 Å². The number of benzene rings is 2. The molecule has 0 atom stereocenters. The van der Waals surface area contributed by atoms with Gasteiger partial charge in [-0.25, -0.2) is 5.43 Å². The summed E-state index contributed by atoms with van der Waals surface area (Å²) >= 11 is 9.17. The lowest BCUT2D eigenvalue weighted by Crippen LogP contribution is -2.26. The van der Waals surface area contributed by atoms with Crippen LogP contribution in [0.2, 0.25) is 5.02 Å². The van der Waals surface area contributed by atoms with Crippen molar-refractivity contribution >= 4 is 50.7 Å². The summed E-state index contributed by atoms with van der Waals surface area (Å²) in [6.07, 6.45) is 0.894. The molecule has 2 amide bonds. The lowest BCUT2D eigenvalue weighted by molar-refractivity contribution is -0.123. The zero-order chi connectivity index (χ0) is 20.5. The summed E-state index contributed by atoms with van der Waals surface area (Å²) in [6.45, 7) is 3.48. The van der Waals surface area contributed by atoms with Gasteiger partial charge in [-0.15, -0.1) is 0 Å². The van der Waals surface area contributed by atoms with Gasteiger partial charge in [-0.2, -0.15) is 5.10 Å². The van der Waals surface area contributed by atoms with E-state index in [0.29, 0.717) is 21.0 Å². The molecule has 0 fully saturated rings. The summed E-state index contributed by atoms with van der Waals surface area (Å²) in [7, 11) is 0. The minimum atomic E-state index is -0.432. The third-order valence-electron chi connectivity index (χ3n) is 3.71. The minimum absolute atomic E-state index is 0.0713. The molecule has 2 aromatic rings. The molecule has 6 nitrogen and oxygen atoms in total. The third-order valence-corrected chi connectivity index (χ3v) is 4.57. The van der Waals surface area contributed by atoms with Crippen molar-refractivity contribution in [3.63, 3.8) is 0 Å². The zero-order valence-electron chi connectivity index (χ0n) is 15.6. The van der Waals surface area contributed by atoms with Crippen LogP contribution < -0.4 is 15.5 Å². The summed E-state index contributed by atoms with van der Waals surface area (Å²) in [4.78, 5) is 24.0. The molecule has 2 rings (SSSR count). The monoisotopic (exact) mass is 465 g/mol. The maximum atomic E-state index is 12.2. The minimum Gasteiger partial charge on any atom is -0.483 e. The van der Waals surface area contributed by atoms with Gasteiger partial charge in [0.15, 0.2) is 6.61 Å². The van der Waals surface area contributed by atoms with Crippen molar-refractivity contribution in [1.29, 1.82) is 0 Å². The van der Waals surface area contributed by atoms with Crippen molar-refractivity contribution in [2.24, 2.45) is 5.10 Å². The van der Waals surface area contributed by atoms with E-state index in [2.05, 4.69) is 31.8 Å². The van der Waals surface area contributed by atoms with Crippen LogP contribution in [0.1, 0.15) is 25.8 Å². The van der Waals surface area contributed by atoms with E-state index in [1.807, 2.05) is 31.2 Å². The highest BCUT2D eigenvalue weighted by Gasteiger charge is 2.09. The first-order valence-corrected chi connectivity index (χ1v) is 9.83. The molecule has 0 heterocycles. The first kappa shape index (κ1) is 21.9. The fourth-order valence-corrected chi connectivity index (χ4v) is 3.14. The lowest BCUT2D eigenvalue weighted by atomic mass is 10.1. The van der Waals surface area contributed by atoms with Crippen LogP contribution in [0.3, 0.4) is 0 Å². The molecule has 148 valence electrons. The number of hydrazone groups is 1. The highest BCUT2D eigenvalue weighted by Crippen LogP contribution is 2.27. The number of carbonyl (C=O) groups is 2. The summed E-state index contributed by atoms with van der Waals surface area (Å²) in [5.41, 5.74) is 4.70. The SMILES string of the molecule is CCc1ccccc1NC(=O)C/C(C)=N/NC(=O)COc1ccc(Cl)cc1Br. The Balaban J connectivity index is 1.81. The predicted molar refractivity (Wildman–Crippen MR) is 115 cm³/mol. The van der Waals surface area contributed by atoms with Crippen molar-refractivity contribution in [1.82, 2.24) is 5.43 Å². The molecule has 28 heavy (non-hydrogen) atoms. The van der Waals surface area contributed by atoms with E-state index < -0.39 is 5.91 Å². The third kappa shape index (κ3) is 6.98. The predicted octanol–water partition coefficient (Wildman–Crippen LogP) is 4.56. The van der Waals surface area contributed by atoms with E-state index in [4.69, 9.17) is 16.3 Å². The Morgan fingerprint density at radius 1 is 1.18 bits per heavy atom. The van der Waals surface area contributed by atoms with Gasteiger partial charge in [0.25, 0.3) is 5.91 Å². The zero-order valence-corrected chi connectivity index (χ0v) is 17.9. The van der Waals surface area contributed by atoms with Gasteiger partial charge in [0.1, 0.15) is 5.75 Å². The van der Waals surface area contributed by atoms with E-state index in [-0.39, 0.29) is 18.9 Å². The number of para-hydroxylation sites is 1. The van der Waals surface area contributed by atoms with Crippen molar-refractivity contribution in [3.05, 3.63) is 57.5 Å². The average molecular weight is 467 g/mol. The Morgan fingerprint density at radius 2 is 1.93 bits per heavy atom. The Hall–Kier alpha value is -2.38. The van der Waals surface area contributed by atoms with Crippen molar-refractivity contribution < 1.29 is 14.3 Å². The van der Waals surface area contributed by atoms with Crippen molar-refractivity contribution in [2.75, 3.05) is 11.9 Å². The van der Waals surface area contributed by atoms with Crippen LogP contribution in [0.15, 0.2) is 52.0 Å². The van der Waals surface area contributed by atoms with Crippen LogP contribution in [0, 0.1) is 0 Å². The fourth-order valence-electron chi connectivity index (χ4n) is 2.34. The van der Waals surface area contributed by atoms with Crippen molar-refractivity contribution in [2.45, 2.75) is 26.7 Å². The van der Waals surface area contributed by atoms with Crippen LogP contribution in [-0.2, 0) is 16.0 Å². The number of hydrogen-bond acceptors (Lipinski definition) is 4. The maximum absolute atomic E-state index is 12.2. The average Bonchev–Trinajstić information content (AvgIpc) is 2.66. The molecule has 0 saturated heterocycles. The standard InChI is InChI=1S/C20H21BrClN3O3/c1-3-14-6-4-5-7-17(14)23-19(26)10-13(2)24-25-20(27)12-28-18-9-8-15(22)11-16(18)21/h4-9,11H,3,10,12H2,1-2H3,(H,23,26)(H,25,27)/b24-13+. The number of amides is 2. The first-order chi connectivity index (χ1) is 13.4. The van der Waals surface area contributed by atoms with Gasteiger partial charge in [0.05, 0.1) is 10.9 Å². The summed E-state index contributed by atoms with van der Waals surface area (Å²) < 4.78 is 6.05. The quantitative estimate of drug-likeness (QED) is 0.442. The molecule has 0 saturated carbocycles. The van der Waals surface area contributed by atoms with E-state index in [9.17, 15) is 9.59 Å². The van der Waals surface area contributed by atoms with Gasteiger partial charge in [-0.05, 0) is 59.1 Å². The van der Waals surface area contributed by atoms with Gasteiger partial charge in [0, 0.05) is 16.4 Å². The molecular weight excluding hydrogens is 446 g/mol. The van der Waals surface area contributed by atoms with Crippen LogP contribution in [0.5, 0.6) is 5.75 Å². The van der Waals surface area contributed by atoms with Gasteiger partial charge in [-0.1, -0.05) is 36.7 Å². The van der Waals surface area contributed by atoms with Crippen LogP contribution >= 0.6 is 27.5 Å². The maximum Gasteiger partial charge on any atom is 0.277 e. The molecule has 0 radical (unpaired) electrons. The molecule has 8 heteroatoms. The normalized spacial score (nSPS) is 11.1. The Morgan fingerprint density at radius 3 is 2.64 bits per heavy atom. The number of nitrogens with one attached hydrogen (secondary N) is 2. The smallest absolute Gasteiger partial charge is 0.277 e. The Labute approximate surface area is 177 Å². The van der Waals surface area contributed by atoms with Gasteiger partial charge < -0.3 is 10.1 Å². The van der Waals surface area contributed by atoms with E-state index in [1.165, 1.54) is 0 Å². The second kappa shape index (κ2) is 10.8. The van der Waals surface area contributed by atoms with E-state index in [0.717, 1.165) is 17.7 Å². The summed E-state index contributed by atoms with van der Waals surface area (Å²) in [6, 6.07) is 12.6. The molecule has 0 aliphatic carbocycles. The largest absolute Gasteiger partial charge is 0.483 e. The second-order valence-corrected chi connectivity index (χ2v) is 7.27. The highest BCUT2D eigenvalue weighted by atomic mass is 79.9. The first-order valence-electron chi connectivity index (χ1n) is 8.66. The van der Waals surface area contributed by atoms with Gasteiger partial charge in [0.2, 0.25) is 5.91 Å². The Kier molecular flexibility index (Phi) is 8.47. The number of rotatable bonds is 8. The molecular formula is C20H21BrClN3O3. The van der Waals surface area contributed by atoms with Crippen molar-refractivity contribution in [3.8, 4) is 5.75 Å². The Bertz CT molecular complexity index is 887. The van der Waals surface area contributed by atoms with Crippen LogP contribution in [0.25, 0.3) is 0 Å².